The Hall–Kier alpha value is -1.02. The molecule has 0 bridgehead atoms. The van der Waals surface area contributed by atoms with Crippen molar-refractivity contribution < 1.29 is 0 Å². The number of anilines is 1. The van der Waals surface area contributed by atoms with Gasteiger partial charge >= 0.3 is 0 Å². The van der Waals surface area contributed by atoms with E-state index < -0.39 is 0 Å². The lowest BCUT2D eigenvalue weighted by atomic mass is 9.75. The first-order chi connectivity index (χ1) is 10.3. The van der Waals surface area contributed by atoms with E-state index in [1.807, 2.05) is 0 Å². The molecule has 1 aromatic carbocycles. The Labute approximate surface area is 129 Å². The van der Waals surface area contributed by atoms with Crippen LogP contribution in [0.5, 0.6) is 0 Å². The first-order valence-corrected chi connectivity index (χ1v) is 8.86. The van der Waals surface area contributed by atoms with Gasteiger partial charge in [0.25, 0.3) is 0 Å². The molecule has 0 radical (unpaired) electrons. The third-order valence-electron chi connectivity index (χ3n) is 5.56. The Morgan fingerprint density at radius 2 is 1.81 bits per heavy atom. The summed E-state index contributed by atoms with van der Waals surface area (Å²) >= 11 is 0. The molecular formula is C19H30N2. The number of hydrogen-bond donors (Lipinski definition) is 1. The zero-order valence-electron chi connectivity index (χ0n) is 13.6. The highest BCUT2D eigenvalue weighted by Crippen LogP contribution is 2.37. The maximum Gasteiger partial charge on any atom is 0.0366 e. The van der Waals surface area contributed by atoms with Crippen LogP contribution in [-0.2, 0) is 0 Å². The van der Waals surface area contributed by atoms with Crippen LogP contribution in [-0.4, -0.2) is 19.6 Å². The van der Waals surface area contributed by atoms with Gasteiger partial charge in [-0.25, -0.2) is 0 Å². The van der Waals surface area contributed by atoms with Gasteiger partial charge in [-0.2, -0.15) is 0 Å². The lowest BCUT2D eigenvalue weighted by Crippen LogP contribution is -2.41. The molecule has 1 heterocycles. The van der Waals surface area contributed by atoms with E-state index in [2.05, 4.69) is 48.3 Å². The minimum absolute atomic E-state index is 0.452. The van der Waals surface area contributed by atoms with Gasteiger partial charge in [-0.15, -0.1) is 0 Å². The van der Waals surface area contributed by atoms with E-state index in [0.717, 1.165) is 18.4 Å². The highest BCUT2D eigenvalue weighted by molar-refractivity contribution is 5.48. The number of hydrogen-bond acceptors (Lipinski definition) is 2. The highest BCUT2D eigenvalue weighted by Gasteiger charge is 2.31. The fourth-order valence-electron chi connectivity index (χ4n) is 4.23. The SMILES string of the molecule is CCNC(C)c1ccc(N2CCC3CCCCC3C2)cc1. The first kappa shape index (κ1) is 14.9. The Morgan fingerprint density at radius 1 is 1.10 bits per heavy atom. The standard InChI is InChI=1S/C19H30N2/c1-3-20-15(2)16-8-10-19(11-9-16)21-13-12-17-6-4-5-7-18(17)14-21/h8-11,15,17-18,20H,3-7,12-14H2,1-2H3. The van der Waals surface area contributed by atoms with E-state index in [1.165, 1.54) is 56.4 Å². The molecule has 0 aromatic heterocycles. The van der Waals surface area contributed by atoms with Crippen LogP contribution in [0.15, 0.2) is 24.3 Å². The van der Waals surface area contributed by atoms with Gasteiger partial charge < -0.3 is 10.2 Å². The Morgan fingerprint density at radius 3 is 2.52 bits per heavy atom. The second-order valence-electron chi connectivity index (χ2n) is 6.91. The molecule has 1 aromatic rings. The van der Waals surface area contributed by atoms with Crippen LogP contribution < -0.4 is 10.2 Å². The van der Waals surface area contributed by atoms with Crippen molar-refractivity contribution in [3.8, 4) is 0 Å². The summed E-state index contributed by atoms with van der Waals surface area (Å²) in [5, 5.41) is 3.48. The average molecular weight is 286 g/mol. The second-order valence-corrected chi connectivity index (χ2v) is 6.91. The molecule has 21 heavy (non-hydrogen) atoms. The predicted octanol–water partition coefficient (Wildman–Crippen LogP) is 4.37. The lowest BCUT2D eigenvalue weighted by Gasteiger charge is -2.42. The number of nitrogens with zero attached hydrogens (tertiary/aromatic N) is 1. The van der Waals surface area contributed by atoms with Gasteiger partial charge in [-0.3, -0.25) is 0 Å². The summed E-state index contributed by atoms with van der Waals surface area (Å²) in [6, 6.07) is 9.71. The van der Waals surface area contributed by atoms with Crippen molar-refractivity contribution in [3.63, 3.8) is 0 Å². The molecule has 2 aliphatic rings. The quantitative estimate of drug-likeness (QED) is 0.884. The van der Waals surface area contributed by atoms with Crippen LogP contribution in [0.2, 0.25) is 0 Å². The molecule has 3 rings (SSSR count). The average Bonchev–Trinajstić information content (AvgIpc) is 2.55. The minimum atomic E-state index is 0.452. The van der Waals surface area contributed by atoms with Crippen LogP contribution in [0, 0.1) is 11.8 Å². The first-order valence-electron chi connectivity index (χ1n) is 8.86. The number of rotatable bonds is 4. The molecule has 0 spiro atoms. The van der Waals surface area contributed by atoms with E-state index in [4.69, 9.17) is 0 Å². The molecule has 3 unspecified atom stereocenters. The van der Waals surface area contributed by atoms with Crippen LogP contribution in [0.3, 0.4) is 0 Å². The summed E-state index contributed by atoms with van der Waals surface area (Å²) in [6.45, 7) is 7.97. The second kappa shape index (κ2) is 6.83. The molecule has 116 valence electrons. The van der Waals surface area contributed by atoms with Crippen molar-refractivity contribution in [2.24, 2.45) is 11.8 Å². The zero-order valence-corrected chi connectivity index (χ0v) is 13.6. The van der Waals surface area contributed by atoms with Gasteiger partial charge in [0.2, 0.25) is 0 Å². The van der Waals surface area contributed by atoms with Crippen molar-refractivity contribution in [1.82, 2.24) is 5.32 Å². The van der Waals surface area contributed by atoms with Gasteiger partial charge in [-0.05, 0) is 55.8 Å². The zero-order chi connectivity index (χ0) is 14.7. The Bertz CT molecular complexity index is 439. The molecule has 1 saturated carbocycles. The Kier molecular flexibility index (Phi) is 4.84. The summed E-state index contributed by atoms with van der Waals surface area (Å²) in [5.41, 5.74) is 2.82. The molecule has 1 aliphatic heterocycles. The number of fused-ring (bicyclic) bond motifs is 1. The molecule has 1 aliphatic carbocycles. The van der Waals surface area contributed by atoms with E-state index in [9.17, 15) is 0 Å². The van der Waals surface area contributed by atoms with E-state index in [1.54, 1.807) is 0 Å². The lowest BCUT2D eigenvalue weighted by molar-refractivity contribution is 0.202. The van der Waals surface area contributed by atoms with Gasteiger partial charge in [0.05, 0.1) is 0 Å². The largest absolute Gasteiger partial charge is 0.371 e. The van der Waals surface area contributed by atoms with Crippen molar-refractivity contribution in [2.75, 3.05) is 24.5 Å². The summed E-state index contributed by atoms with van der Waals surface area (Å²) in [7, 11) is 0. The van der Waals surface area contributed by atoms with Crippen molar-refractivity contribution >= 4 is 5.69 Å². The van der Waals surface area contributed by atoms with E-state index in [0.29, 0.717) is 6.04 Å². The molecular weight excluding hydrogens is 256 g/mol. The summed E-state index contributed by atoms with van der Waals surface area (Å²) in [5.74, 6) is 1.97. The third kappa shape index (κ3) is 3.42. The maximum absolute atomic E-state index is 3.48. The molecule has 2 fully saturated rings. The normalized spacial score (nSPS) is 27.2. The van der Waals surface area contributed by atoms with Crippen LogP contribution in [0.4, 0.5) is 5.69 Å². The van der Waals surface area contributed by atoms with Crippen molar-refractivity contribution in [1.29, 1.82) is 0 Å². The highest BCUT2D eigenvalue weighted by atomic mass is 15.1. The van der Waals surface area contributed by atoms with Crippen LogP contribution in [0.1, 0.15) is 57.6 Å². The van der Waals surface area contributed by atoms with Crippen LogP contribution >= 0.6 is 0 Å². The fourth-order valence-corrected chi connectivity index (χ4v) is 4.23. The molecule has 3 atom stereocenters. The summed E-state index contributed by atoms with van der Waals surface area (Å²) in [6.07, 6.45) is 7.26. The van der Waals surface area contributed by atoms with E-state index in [-0.39, 0.29) is 0 Å². The van der Waals surface area contributed by atoms with Crippen LogP contribution in [0.25, 0.3) is 0 Å². The van der Waals surface area contributed by atoms with Gasteiger partial charge in [0.15, 0.2) is 0 Å². The predicted molar refractivity (Wildman–Crippen MR) is 90.8 cm³/mol. The molecule has 2 heteroatoms. The monoisotopic (exact) mass is 286 g/mol. The van der Waals surface area contributed by atoms with Crippen molar-refractivity contribution in [2.45, 2.75) is 52.0 Å². The molecule has 2 nitrogen and oxygen atoms in total. The van der Waals surface area contributed by atoms with Crippen molar-refractivity contribution in [3.05, 3.63) is 29.8 Å². The van der Waals surface area contributed by atoms with Gasteiger partial charge in [0.1, 0.15) is 0 Å². The minimum Gasteiger partial charge on any atom is -0.371 e. The topological polar surface area (TPSA) is 15.3 Å². The summed E-state index contributed by atoms with van der Waals surface area (Å²) in [4.78, 5) is 2.62. The van der Waals surface area contributed by atoms with Gasteiger partial charge in [0, 0.05) is 24.8 Å². The smallest absolute Gasteiger partial charge is 0.0366 e. The number of nitrogens with one attached hydrogen (secondary N) is 1. The van der Waals surface area contributed by atoms with E-state index >= 15 is 0 Å². The molecule has 1 saturated heterocycles. The molecule has 0 amide bonds. The number of piperidine rings is 1. The Balaban J connectivity index is 1.64. The molecule has 1 N–H and O–H groups in total. The maximum atomic E-state index is 3.48. The number of benzene rings is 1. The fraction of sp³-hybridized carbons (Fsp3) is 0.684. The summed E-state index contributed by atoms with van der Waals surface area (Å²) < 4.78 is 0. The third-order valence-corrected chi connectivity index (χ3v) is 5.56. The van der Waals surface area contributed by atoms with Gasteiger partial charge in [-0.1, -0.05) is 38.3 Å².